The Morgan fingerprint density at radius 3 is 2.29 bits per heavy atom. The highest BCUT2D eigenvalue weighted by Gasteiger charge is 2.24. The molecule has 0 atom stereocenters. The lowest BCUT2D eigenvalue weighted by Gasteiger charge is -2.35. The van der Waals surface area contributed by atoms with Crippen molar-refractivity contribution in [1.29, 1.82) is 0 Å². The van der Waals surface area contributed by atoms with Gasteiger partial charge in [0.2, 0.25) is 11.8 Å². The van der Waals surface area contributed by atoms with E-state index in [1.165, 1.54) is 11.3 Å². The van der Waals surface area contributed by atoms with Gasteiger partial charge < -0.3 is 14.7 Å². The molecule has 1 saturated heterocycles. The van der Waals surface area contributed by atoms with Crippen molar-refractivity contribution in [3.05, 3.63) is 23.8 Å². The Balaban J connectivity index is 1.74. The Kier molecular flexibility index (Phi) is 3.57. The van der Waals surface area contributed by atoms with Crippen LogP contribution in [0.2, 0.25) is 0 Å². The molecule has 1 aromatic rings. The lowest BCUT2D eigenvalue weighted by molar-refractivity contribution is -0.129. The number of hydrogen-bond donors (Lipinski definition) is 0. The standard InChI is InChI=1S/C16H21N3O2/c1-12(20)17-7-9-18(10-8-17)15-3-4-16-14(11-15)5-6-19(16)13(2)21/h3-4,11H,5-10H2,1-2H3. The van der Waals surface area contributed by atoms with Crippen molar-refractivity contribution in [2.45, 2.75) is 20.3 Å². The van der Waals surface area contributed by atoms with Gasteiger partial charge in [-0.1, -0.05) is 0 Å². The predicted octanol–water partition coefficient (Wildman–Crippen LogP) is 1.26. The number of carbonyl (C=O) groups excluding carboxylic acids is 2. The van der Waals surface area contributed by atoms with Crippen LogP contribution in [0.15, 0.2) is 18.2 Å². The first kappa shape index (κ1) is 13.9. The number of benzene rings is 1. The molecule has 0 aromatic heterocycles. The highest BCUT2D eigenvalue weighted by molar-refractivity contribution is 5.94. The van der Waals surface area contributed by atoms with Crippen LogP contribution in [-0.4, -0.2) is 49.4 Å². The van der Waals surface area contributed by atoms with Crippen LogP contribution in [-0.2, 0) is 16.0 Å². The fraction of sp³-hybridized carbons (Fsp3) is 0.500. The lowest BCUT2D eigenvalue weighted by atomic mass is 10.1. The first-order chi connectivity index (χ1) is 10.1. The van der Waals surface area contributed by atoms with Crippen LogP contribution >= 0.6 is 0 Å². The molecule has 5 heteroatoms. The predicted molar refractivity (Wildman–Crippen MR) is 82.6 cm³/mol. The highest BCUT2D eigenvalue weighted by Crippen LogP contribution is 2.32. The minimum Gasteiger partial charge on any atom is -0.368 e. The summed E-state index contributed by atoms with van der Waals surface area (Å²) >= 11 is 0. The smallest absolute Gasteiger partial charge is 0.223 e. The van der Waals surface area contributed by atoms with E-state index in [0.717, 1.165) is 44.8 Å². The van der Waals surface area contributed by atoms with Crippen LogP contribution < -0.4 is 9.80 Å². The number of carbonyl (C=O) groups is 2. The van der Waals surface area contributed by atoms with Crippen LogP contribution in [0.5, 0.6) is 0 Å². The molecule has 1 fully saturated rings. The average Bonchev–Trinajstić information content (AvgIpc) is 2.90. The van der Waals surface area contributed by atoms with Crippen molar-refractivity contribution in [2.75, 3.05) is 42.5 Å². The summed E-state index contributed by atoms with van der Waals surface area (Å²) in [6.45, 7) is 7.33. The molecule has 21 heavy (non-hydrogen) atoms. The molecular formula is C16H21N3O2. The molecule has 0 spiro atoms. The summed E-state index contributed by atoms with van der Waals surface area (Å²) in [4.78, 5) is 29.0. The van der Waals surface area contributed by atoms with E-state index in [2.05, 4.69) is 23.1 Å². The van der Waals surface area contributed by atoms with Crippen LogP contribution in [0.1, 0.15) is 19.4 Å². The number of rotatable bonds is 1. The Hall–Kier alpha value is -2.04. The zero-order valence-corrected chi connectivity index (χ0v) is 12.6. The monoisotopic (exact) mass is 287 g/mol. The third-order valence-corrected chi connectivity index (χ3v) is 4.43. The van der Waals surface area contributed by atoms with E-state index in [1.54, 1.807) is 13.8 Å². The molecule has 0 saturated carbocycles. The molecule has 0 unspecified atom stereocenters. The Bertz CT molecular complexity index is 577. The van der Waals surface area contributed by atoms with Gasteiger partial charge in [0.25, 0.3) is 0 Å². The van der Waals surface area contributed by atoms with E-state index in [-0.39, 0.29) is 11.8 Å². The largest absolute Gasteiger partial charge is 0.368 e. The van der Waals surface area contributed by atoms with E-state index in [9.17, 15) is 9.59 Å². The van der Waals surface area contributed by atoms with Crippen molar-refractivity contribution in [1.82, 2.24) is 4.90 Å². The Morgan fingerprint density at radius 2 is 1.67 bits per heavy atom. The van der Waals surface area contributed by atoms with Gasteiger partial charge in [-0.05, 0) is 30.2 Å². The van der Waals surface area contributed by atoms with Crippen molar-refractivity contribution >= 4 is 23.2 Å². The van der Waals surface area contributed by atoms with Gasteiger partial charge in [0.15, 0.2) is 0 Å². The second-order valence-electron chi connectivity index (χ2n) is 5.73. The molecule has 2 aliphatic heterocycles. The minimum atomic E-state index is 0.108. The molecule has 0 radical (unpaired) electrons. The summed E-state index contributed by atoms with van der Waals surface area (Å²) in [6, 6.07) is 6.33. The molecule has 0 N–H and O–H groups in total. The average molecular weight is 287 g/mol. The molecule has 1 aromatic carbocycles. The lowest BCUT2D eigenvalue weighted by Crippen LogP contribution is -2.48. The second-order valence-corrected chi connectivity index (χ2v) is 5.73. The minimum absolute atomic E-state index is 0.108. The highest BCUT2D eigenvalue weighted by atomic mass is 16.2. The van der Waals surface area contributed by atoms with Gasteiger partial charge in [-0.15, -0.1) is 0 Å². The fourth-order valence-corrected chi connectivity index (χ4v) is 3.19. The summed E-state index contributed by atoms with van der Waals surface area (Å²) in [7, 11) is 0. The fourth-order valence-electron chi connectivity index (χ4n) is 3.19. The molecular weight excluding hydrogens is 266 g/mol. The Morgan fingerprint density at radius 1 is 0.952 bits per heavy atom. The Labute approximate surface area is 125 Å². The van der Waals surface area contributed by atoms with Crippen LogP contribution in [0.3, 0.4) is 0 Å². The maximum absolute atomic E-state index is 11.6. The maximum Gasteiger partial charge on any atom is 0.223 e. The van der Waals surface area contributed by atoms with Crippen molar-refractivity contribution in [3.8, 4) is 0 Å². The third-order valence-electron chi connectivity index (χ3n) is 4.43. The number of nitrogens with zero attached hydrogens (tertiary/aromatic N) is 3. The van der Waals surface area contributed by atoms with Gasteiger partial charge in [0.1, 0.15) is 0 Å². The number of anilines is 2. The zero-order chi connectivity index (χ0) is 15.0. The molecule has 0 aliphatic carbocycles. The number of amides is 2. The number of piperazine rings is 1. The van der Waals surface area contributed by atoms with Crippen molar-refractivity contribution < 1.29 is 9.59 Å². The quantitative estimate of drug-likeness (QED) is 0.781. The van der Waals surface area contributed by atoms with Crippen molar-refractivity contribution in [2.24, 2.45) is 0 Å². The van der Waals surface area contributed by atoms with E-state index >= 15 is 0 Å². The number of hydrogen-bond acceptors (Lipinski definition) is 3. The van der Waals surface area contributed by atoms with E-state index in [1.807, 2.05) is 9.80 Å². The van der Waals surface area contributed by atoms with Gasteiger partial charge in [-0.25, -0.2) is 0 Å². The van der Waals surface area contributed by atoms with E-state index < -0.39 is 0 Å². The molecule has 2 heterocycles. The molecule has 5 nitrogen and oxygen atoms in total. The second kappa shape index (κ2) is 5.39. The molecule has 3 rings (SSSR count). The van der Waals surface area contributed by atoms with E-state index in [0.29, 0.717) is 0 Å². The van der Waals surface area contributed by atoms with Crippen molar-refractivity contribution in [3.63, 3.8) is 0 Å². The maximum atomic E-state index is 11.6. The van der Waals surface area contributed by atoms with Gasteiger partial charge in [-0.3, -0.25) is 9.59 Å². The van der Waals surface area contributed by atoms with Crippen LogP contribution in [0, 0.1) is 0 Å². The van der Waals surface area contributed by atoms with E-state index in [4.69, 9.17) is 0 Å². The van der Waals surface area contributed by atoms with Gasteiger partial charge in [-0.2, -0.15) is 0 Å². The summed E-state index contributed by atoms with van der Waals surface area (Å²) in [5, 5.41) is 0. The topological polar surface area (TPSA) is 43.9 Å². The normalized spacial score (nSPS) is 17.9. The zero-order valence-electron chi connectivity index (χ0n) is 12.6. The molecule has 112 valence electrons. The van der Waals surface area contributed by atoms with Gasteiger partial charge in [0.05, 0.1) is 0 Å². The molecule has 2 amide bonds. The SMILES string of the molecule is CC(=O)N1CCN(c2ccc3c(c2)CCN3C(C)=O)CC1. The first-order valence-corrected chi connectivity index (χ1v) is 7.48. The molecule has 0 bridgehead atoms. The van der Waals surface area contributed by atoms with Gasteiger partial charge in [0, 0.05) is 57.9 Å². The number of fused-ring (bicyclic) bond motifs is 1. The molecule has 2 aliphatic rings. The summed E-state index contributed by atoms with van der Waals surface area (Å²) < 4.78 is 0. The summed E-state index contributed by atoms with van der Waals surface area (Å²) in [5.41, 5.74) is 3.49. The first-order valence-electron chi connectivity index (χ1n) is 7.48. The van der Waals surface area contributed by atoms with Crippen LogP contribution in [0.25, 0.3) is 0 Å². The van der Waals surface area contributed by atoms with Crippen LogP contribution in [0.4, 0.5) is 11.4 Å². The summed E-state index contributed by atoms with van der Waals surface area (Å²) in [5.74, 6) is 0.261. The summed E-state index contributed by atoms with van der Waals surface area (Å²) in [6.07, 6.45) is 0.927. The van der Waals surface area contributed by atoms with Gasteiger partial charge >= 0.3 is 0 Å². The third kappa shape index (κ3) is 2.60.